The van der Waals surface area contributed by atoms with Crippen LogP contribution in [0.5, 0.6) is 11.5 Å². The number of thiazole rings is 1. The van der Waals surface area contributed by atoms with Gasteiger partial charge in [-0.15, -0.1) is 11.3 Å². The van der Waals surface area contributed by atoms with Crippen LogP contribution >= 0.6 is 11.3 Å². The summed E-state index contributed by atoms with van der Waals surface area (Å²) in [5.41, 5.74) is 7.07. The fraction of sp³-hybridized carbons (Fsp3) is 0.393. The molecule has 198 valence electrons. The first-order valence-corrected chi connectivity index (χ1v) is 13.0. The minimum Gasteiger partial charge on any atom is -0.494 e. The number of amides is 2. The summed E-state index contributed by atoms with van der Waals surface area (Å²) in [6.07, 6.45) is 0.257. The van der Waals surface area contributed by atoms with Crippen LogP contribution in [0.3, 0.4) is 0 Å². The number of hydrogen-bond acceptors (Lipinski definition) is 7. The SMILES string of the molecule is CC(C)(C)OC(=O)NCCCOc1ccc(C(C)(C)c2ccc(OCc3nc(C(N)=O)cs3)cc2)cc1. The lowest BCUT2D eigenvalue weighted by atomic mass is 9.78. The second-order valence-corrected chi connectivity index (χ2v) is 11.0. The Labute approximate surface area is 222 Å². The number of benzene rings is 2. The fourth-order valence-corrected chi connectivity index (χ4v) is 4.20. The van der Waals surface area contributed by atoms with Crippen molar-refractivity contribution in [3.05, 3.63) is 75.7 Å². The zero-order chi connectivity index (χ0) is 27.1. The van der Waals surface area contributed by atoms with Gasteiger partial charge in [0.2, 0.25) is 0 Å². The summed E-state index contributed by atoms with van der Waals surface area (Å²) in [7, 11) is 0. The van der Waals surface area contributed by atoms with Gasteiger partial charge >= 0.3 is 6.09 Å². The van der Waals surface area contributed by atoms with E-state index in [9.17, 15) is 9.59 Å². The predicted octanol–water partition coefficient (Wildman–Crippen LogP) is 5.44. The number of ether oxygens (including phenoxy) is 3. The van der Waals surface area contributed by atoms with E-state index in [0.29, 0.717) is 24.6 Å². The third-order valence-electron chi connectivity index (χ3n) is 5.58. The van der Waals surface area contributed by atoms with E-state index in [0.717, 1.165) is 22.6 Å². The lowest BCUT2D eigenvalue weighted by molar-refractivity contribution is 0.0525. The van der Waals surface area contributed by atoms with E-state index >= 15 is 0 Å². The summed E-state index contributed by atoms with van der Waals surface area (Å²) in [5, 5.41) is 5.05. The van der Waals surface area contributed by atoms with Crippen LogP contribution in [-0.2, 0) is 16.8 Å². The fourth-order valence-electron chi connectivity index (χ4n) is 3.50. The smallest absolute Gasteiger partial charge is 0.407 e. The molecule has 0 spiro atoms. The van der Waals surface area contributed by atoms with Crippen molar-refractivity contribution in [1.29, 1.82) is 0 Å². The summed E-state index contributed by atoms with van der Waals surface area (Å²) in [6.45, 7) is 11.1. The Morgan fingerprint density at radius 1 is 0.919 bits per heavy atom. The van der Waals surface area contributed by atoms with E-state index < -0.39 is 17.6 Å². The lowest BCUT2D eigenvalue weighted by Gasteiger charge is -2.26. The topological polar surface area (TPSA) is 113 Å². The molecule has 0 saturated carbocycles. The summed E-state index contributed by atoms with van der Waals surface area (Å²) >= 11 is 1.34. The van der Waals surface area contributed by atoms with Crippen LogP contribution in [0.25, 0.3) is 0 Å². The molecule has 0 aliphatic heterocycles. The zero-order valence-corrected chi connectivity index (χ0v) is 22.8. The largest absolute Gasteiger partial charge is 0.494 e. The number of alkyl carbamates (subject to hydrolysis) is 1. The maximum Gasteiger partial charge on any atom is 0.407 e. The van der Waals surface area contributed by atoms with E-state index in [-0.39, 0.29) is 17.7 Å². The highest BCUT2D eigenvalue weighted by Gasteiger charge is 2.23. The average Bonchev–Trinajstić information content (AvgIpc) is 3.32. The molecule has 1 aromatic heterocycles. The number of nitrogens with one attached hydrogen (secondary N) is 1. The van der Waals surface area contributed by atoms with Gasteiger partial charge in [0, 0.05) is 17.3 Å². The Balaban J connectivity index is 1.48. The third kappa shape index (κ3) is 8.49. The highest BCUT2D eigenvalue weighted by Crippen LogP contribution is 2.33. The Morgan fingerprint density at radius 2 is 1.49 bits per heavy atom. The number of carbonyl (C=O) groups excluding carboxylic acids is 2. The van der Waals surface area contributed by atoms with Crippen LogP contribution in [-0.4, -0.2) is 35.7 Å². The minimum absolute atomic E-state index is 0.222. The first kappa shape index (κ1) is 28.0. The number of nitrogens with two attached hydrogens (primary N) is 1. The summed E-state index contributed by atoms with van der Waals surface area (Å²) in [5.74, 6) is 0.962. The van der Waals surface area contributed by atoms with Crippen molar-refractivity contribution < 1.29 is 23.8 Å². The molecule has 0 atom stereocenters. The van der Waals surface area contributed by atoms with Crippen molar-refractivity contribution in [2.75, 3.05) is 13.2 Å². The number of nitrogens with zero attached hydrogens (tertiary/aromatic N) is 1. The minimum atomic E-state index is -0.540. The van der Waals surface area contributed by atoms with Crippen LogP contribution < -0.4 is 20.5 Å². The Kier molecular flexibility index (Phi) is 9.15. The van der Waals surface area contributed by atoms with Gasteiger partial charge in [0.1, 0.15) is 34.4 Å². The molecule has 3 N–H and O–H groups in total. The molecule has 0 unspecified atom stereocenters. The van der Waals surface area contributed by atoms with Crippen LogP contribution in [0, 0.1) is 0 Å². The highest BCUT2D eigenvalue weighted by molar-refractivity contribution is 7.09. The molecule has 3 rings (SSSR count). The Morgan fingerprint density at radius 3 is 2.00 bits per heavy atom. The van der Waals surface area contributed by atoms with Gasteiger partial charge < -0.3 is 25.3 Å². The van der Waals surface area contributed by atoms with Gasteiger partial charge in [-0.05, 0) is 62.6 Å². The molecule has 0 aliphatic rings. The van der Waals surface area contributed by atoms with Gasteiger partial charge in [0.25, 0.3) is 5.91 Å². The normalized spacial score (nSPS) is 11.6. The quantitative estimate of drug-likeness (QED) is 0.322. The molecule has 1 heterocycles. The van der Waals surface area contributed by atoms with Crippen molar-refractivity contribution in [2.24, 2.45) is 5.73 Å². The number of rotatable bonds is 11. The van der Waals surface area contributed by atoms with E-state index in [1.165, 1.54) is 11.3 Å². The summed E-state index contributed by atoms with van der Waals surface area (Å²) in [4.78, 5) is 27.0. The van der Waals surface area contributed by atoms with Gasteiger partial charge in [-0.1, -0.05) is 38.1 Å². The molecule has 2 amide bonds. The Bertz CT molecular complexity index is 1180. The maximum atomic E-state index is 11.7. The molecule has 0 aliphatic carbocycles. The number of carbonyl (C=O) groups is 2. The molecule has 0 radical (unpaired) electrons. The first-order chi connectivity index (χ1) is 17.4. The van der Waals surface area contributed by atoms with Crippen LogP contribution in [0.2, 0.25) is 0 Å². The van der Waals surface area contributed by atoms with Gasteiger partial charge in [0.15, 0.2) is 0 Å². The monoisotopic (exact) mass is 525 g/mol. The van der Waals surface area contributed by atoms with Crippen LogP contribution in [0.1, 0.15) is 67.7 Å². The zero-order valence-electron chi connectivity index (χ0n) is 22.0. The molecule has 2 aromatic carbocycles. The van der Waals surface area contributed by atoms with Crippen molar-refractivity contribution in [1.82, 2.24) is 10.3 Å². The predicted molar refractivity (Wildman–Crippen MR) is 144 cm³/mol. The molecule has 3 aromatic rings. The van der Waals surface area contributed by atoms with Crippen molar-refractivity contribution in [2.45, 2.75) is 58.7 Å². The highest BCUT2D eigenvalue weighted by atomic mass is 32.1. The Hall–Kier alpha value is -3.59. The van der Waals surface area contributed by atoms with E-state index in [2.05, 4.69) is 36.3 Å². The molecule has 37 heavy (non-hydrogen) atoms. The van der Waals surface area contributed by atoms with Gasteiger partial charge in [0.05, 0.1) is 6.61 Å². The standard InChI is InChI=1S/C28H35N3O5S/c1-27(2,3)36-26(33)30-15-6-16-34-21-11-7-19(8-12-21)28(4,5)20-9-13-22(14-10-20)35-17-24-31-23(18-37-24)25(29)32/h7-14,18H,6,15-17H2,1-5H3,(H2,29,32)(H,30,33). The number of aromatic nitrogens is 1. The number of primary amides is 1. The average molecular weight is 526 g/mol. The van der Waals surface area contributed by atoms with Crippen molar-refractivity contribution in [3.63, 3.8) is 0 Å². The van der Waals surface area contributed by atoms with Crippen LogP contribution in [0.15, 0.2) is 53.9 Å². The van der Waals surface area contributed by atoms with Crippen molar-refractivity contribution >= 4 is 23.3 Å². The van der Waals surface area contributed by atoms with Gasteiger partial charge in [-0.2, -0.15) is 0 Å². The van der Waals surface area contributed by atoms with E-state index in [4.69, 9.17) is 19.9 Å². The summed E-state index contributed by atoms with van der Waals surface area (Å²) in [6, 6.07) is 16.0. The second-order valence-electron chi connectivity index (χ2n) is 10.1. The summed E-state index contributed by atoms with van der Waals surface area (Å²) < 4.78 is 16.8. The lowest BCUT2D eigenvalue weighted by Crippen LogP contribution is -2.33. The molecule has 8 nitrogen and oxygen atoms in total. The molecule has 0 bridgehead atoms. The van der Waals surface area contributed by atoms with Crippen molar-refractivity contribution in [3.8, 4) is 11.5 Å². The van der Waals surface area contributed by atoms with Gasteiger partial charge in [-0.3, -0.25) is 4.79 Å². The van der Waals surface area contributed by atoms with E-state index in [1.807, 2.05) is 57.2 Å². The maximum absolute atomic E-state index is 11.7. The molecule has 0 saturated heterocycles. The first-order valence-electron chi connectivity index (χ1n) is 12.1. The van der Waals surface area contributed by atoms with Gasteiger partial charge in [-0.25, -0.2) is 9.78 Å². The second kappa shape index (κ2) is 12.1. The molecule has 9 heteroatoms. The van der Waals surface area contributed by atoms with E-state index in [1.54, 1.807) is 5.38 Å². The molecular weight excluding hydrogens is 490 g/mol. The van der Waals surface area contributed by atoms with Crippen LogP contribution in [0.4, 0.5) is 4.79 Å². The molecular formula is C28H35N3O5S. The third-order valence-corrected chi connectivity index (χ3v) is 6.40. The number of hydrogen-bond donors (Lipinski definition) is 2. The molecule has 0 fully saturated rings.